The zero-order valence-electron chi connectivity index (χ0n) is 40.8. The summed E-state index contributed by atoms with van der Waals surface area (Å²) in [6.45, 7) is 4.05. The number of ether oxygens (including phenoxy) is 2. The van der Waals surface area contributed by atoms with E-state index < -0.39 is 50.8 Å². The van der Waals surface area contributed by atoms with Crippen LogP contribution in [-0.4, -0.2) is 109 Å². The zero-order valence-corrected chi connectivity index (χ0v) is 41.7. The Morgan fingerprint density at radius 3 is 1.86 bits per heavy atom. The highest BCUT2D eigenvalue weighted by Crippen LogP contribution is 2.43. The maximum Gasteiger partial charge on any atom is 0.472 e. The van der Waals surface area contributed by atoms with Crippen molar-refractivity contribution in [3.8, 4) is 0 Å². The molecule has 0 amide bonds. The molecule has 1 saturated carbocycles. The van der Waals surface area contributed by atoms with Crippen molar-refractivity contribution in [3.05, 3.63) is 48.6 Å². The van der Waals surface area contributed by atoms with Crippen LogP contribution in [0.25, 0.3) is 0 Å². The number of hydrogen-bond acceptors (Lipinski definition) is 10. The lowest BCUT2D eigenvalue weighted by atomic mass is 9.88. The topological polar surface area (TPSA) is 169 Å². The molecule has 1 aliphatic carbocycles. The number of hydrogen-bond donors (Lipinski definition) is 4. The third-order valence-electron chi connectivity index (χ3n) is 11.7. The van der Waals surface area contributed by atoms with Crippen molar-refractivity contribution in [1.82, 2.24) is 0 Å². The molecule has 0 aromatic heterocycles. The van der Waals surface area contributed by atoms with Gasteiger partial charge in [-0.3, -0.25) is 18.6 Å². The number of nitrogens with zero attached hydrogens (tertiary/aromatic N) is 1. The largest absolute Gasteiger partial charge is 0.472 e. The summed E-state index contributed by atoms with van der Waals surface area (Å²) in [5.74, 6) is -1.25. The lowest BCUT2D eigenvalue weighted by Gasteiger charge is -2.24. The molecule has 0 heterocycles. The molecule has 0 bridgehead atoms. The first-order valence-corrected chi connectivity index (χ1v) is 26.6. The molecule has 1 aliphatic rings. The van der Waals surface area contributed by atoms with Gasteiger partial charge in [-0.1, -0.05) is 146 Å². The Hall–Kier alpha value is -2.15. The number of aliphatic hydroxyl groups is 3. The third kappa shape index (κ3) is 34.2. The van der Waals surface area contributed by atoms with Gasteiger partial charge in [-0.05, 0) is 70.1 Å². The van der Waals surface area contributed by atoms with Crippen molar-refractivity contribution in [2.45, 2.75) is 205 Å². The van der Waals surface area contributed by atoms with Gasteiger partial charge >= 0.3 is 19.8 Å². The molecule has 372 valence electrons. The van der Waals surface area contributed by atoms with E-state index in [0.717, 1.165) is 96.3 Å². The smallest absolute Gasteiger partial charge is 0.462 e. The predicted molar refractivity (Wildman–Crippen MR) is 258 cm³/mol. The zero-order chi connectivity index (χ0) is 47.3. The minimum Gasteiger partial charge on any atom is -0.462 e. The predicted octanol–water partition coefficient (Wildman–Crippen LogP) is 11.0. The molecule has 1 fully saturated rings. The molecule has 0 saturated heterocycles. The Labute approximate surface area is 389 Å². The monoisotopic (exact) mass is 927 g/mol. The Bertz CT molecular complexity index is 1350. The van der Waals surface area contributed by atoms with Gasteiger partial charge in [0.2, 0.25) is 0 Å². The van der Waals surface area contributed by atoms with Gasteiger partial charge in [-0.2, -0.15) is 0 Å². The Morgan fingerprint density at radius 2 is 1.23 bits per heavy atom. The van der Waals surface area contributed by atoms with Gasteiger partial charge in [0.15, 0.2) is 6.10 Å². The highest BCUT2D eigenvalue weighted by Gasteiger charge is 2.39. The maximum atomic E-state index is 12.9. The number of phosphoric acid groups is 1. The number of quaternary nitrogens is 1. The summed E-state index contributed by atoms with van der Waals surface area (Å²) < 4.78 is 34.4. The van der Waals surface area contributed by atoms with E-state index in [2.05, 4.69) is 50.3 Å². The Balaban J connectivity index is 2.42. The number of esters is 2. The number of carbonyl (C=O) groups is 2. The molecule has 0 aliphatic heterocycles. The SMILES string of the molecule is CCCCCC/C=C\C/C=C\C/C=C\CCCCCCCCC(=O)OC[C@H](COP(=O)(O)OCC[N+](C)(C)C)OC(=O)CCCCCC[C@@H]1[C@@H](/C=C/[C@@H](O)CCCCC)[C@H](O)C[C@@H]1O. The molecule has 12 nitrogen and oxygen atoms in total. The number of allylic oxidation sites excluding steroid dienone is 6. The number of phosphoric ester groups is 1. The molecule has 4 N–H and O–H groups in total. The van der Waals surface area contributed by atoms with Crippen LogP contribution in [0.5, 0.6) is 0 Å². The molecule has 64 heavy (non-hydrogen) atoms. The van der Waals surface area contributed by atoms with E-state index >= 15 is 0 Å². The van der Waals surface area contributed by atoms with Crippen LogP contribution in [0, 0.1) is 11.8 Å². The lowest BCUT2D eigenvalue weighted by Crippen LogP contribution is -2.37. The standard InChI is InChI=1S/C51H92NO11P/c1-6-8-10-11-12-13-14-15-16-17-18-19-20-21-22-23-24-25-26-31-35-50(56)60-42-45(43-62-64(58,59)61-40-39-52(3,4)5)63-51(57)36-32-28-27-30-34-46-47(49(55)41-48(46)54)38-37-44(53)33-29-9-7-2/h13-14,16-17,19-20,37-38,44-49,53-55H,6-12,15,18,21-36,39-43H2,1-5H3/p+1/b14-13-,17-16-,20-19-,38-37+/t44-,45+,46+,47+,48-,49+/m0/s1. The molecule has 1 unspecified atom stereocenters. The van der Waals surface area contributed by atoms with Crippen LogP contribution in [0.3, 0.4) is 0 Å². The van der Waals surface area contributed by atoms with Gasteiger partial charge in [-0.15, -0.1) is 0 Å². The normalized spacial score (nSPS) is 20.2. The second-order valence-electron chi connectivity index (χ2n) is 18.8. The number of unbranched alkanes of at least 4 members (excludes halogenated alkanes) is 15. The molecule has 1 rings (SSSR count). The van der Waals surface area contributed by atoms with E-state index in [9.17, 15) is 34.4 Å². The third-order valence-corrected chi connectivity index (χ3v) is 12.7. The molecule has 13 heteroatoms. The molecule has 0 aromatic carbocycles. The van der Waals surface area contributed by atoms with E-state index in [1.165, 1.54) is 32.1 Å². The van der Waals surface area contributed by atoms with Crippen LogP contribution in [0.15, 0.2) is 48.6 Å². The van der Waals surface area contributed by atoms with Crippen LogP contribution < -0.4 is 0 Å². The molecule has 0 spiro atoms. The van der Waals surface area contributed by atoms with Crippen molar-refractivity contribution in [1.29, 1.82) is 0 Å². The second-order valence-corrected chi connectivity index (χ2v) is 20.3. The van der Waals surface area contributed by atoms with E-state index in [0.29, 0.717) is 36.7 Å². The number of aliphatic hydroxyl groups excluding tert-OH is 3. The Morgan fingerprint density at radius 1 is 0.688 bits per heavy atom. The fraction of sp³-hybridized carbons (Fsp3) is 0.804. The summed E-state index contributed by atoms with van der Waals surface area (Å²) in [5.41, 5.74) is 0. The summed E-state index contributed by atoms with van der Waals surface area (Å²) >= 11 is 0. The fourth-order valence-corrected chi connectivity index (χ4v) is 8.45. The fourth-order valence-electron chi connectivity index (χ4n) is 7.71. The summed E-state index contributed by atoms with van der Waals surface area (Å²) in [4.78, 5) is 35.7. The van der Waals surface area contributed by atoms with Crippen LogP contribution >= 0.6 is 7.82 Å². The van der Waals surface area contributed by atoms with E-state index in [-0.39, 0.29) is 37.9 Å². The molecule has 0 aromatic rings. The van der Waals surface area contributed by atoms with Crippen molar-refractivity contribution in [2.24, 2.45) is 11.8 Å². The summed E-state index contributed by atoms with van der Waals surface area (Å²) in [6.07, 6.45) is 37.9. The second kappa shape index (κ2) is 37.9. The van der Waals surface area contributed by atoms with Gasteiger partial charge in [0.1, 0.15) is 19.8 Å². The molecular formula is C51H93NO11P+. The first-order valence-electron chi connectivity index (χ1n) is 25.1. The molecule has 0 radical (unpaired) electrons. The van der Waals surface area contributed by atoms with Crippen LogP contribution in [-0.2, 0) is 32.7 Å². The maximum absolute atomic E-state index is 12.9. The number of likely N-dealkylation sites (N-methyl/N-ethyl adjacent to an activating group) is 1. The first kappa shape index (κ1) is 59.9. The lowest BCUT2D eigenvalue weighted by molar-refractivity contribution is -0.870. The van der Waals surface area contributed by atoms with Crippen LogP contribution in [0.4, 0.5) is 0 Å². The van der Waals surface area contributed by atoms with Gasteiger partial charge in [-0.25, -0.2) is 4.57 Å². The first-order chi connectivity index (χ1) is 30.7. The van der Waals surface area contributed by atoms with Crippen molar-refractivity contribution < 1.29 is 57.4 Å². The summed E-state index contributed by atoms with van der Waals surface area (Å²) in [7, 11) is 1.33. The summed E-state index contributed by atoms with van der Waals surface area (Å²) in [5, 5.41) is 31.5. The van der Waals surface area contributed by atoms with E-state index in [4.69, 9.17) is 18.5 Å². The molecular weight excluding hydrogens is 834 g/mol. The number of carbonyl (C=O) groups excluding carboxylic acids is 2. The average molecular weight is 927 g/mol. The van der Waals surface area contributed by atoms with Crippen molar-refractivity contribution in [2.75, 3.05) is 47.5 Å². The van der Waals surface area contributed by atoms with Gasteiger partial charge in [0, 0.05) is 25.2 Å². The summed E-state index contributed by atoms with van der Waals surface area (Å²) in [6, 6.07) is 0. The Kier molecular flexibility index (Phi) is 35.4. The van der Waals surface area contributed by atoms with Crippen molar-refractivity contribution in [3.63, 3.8) is 0 Å². The minimum absolute atomic E-state index is 0.0106. The van der Waals surface area contributed by atoms with Gasteiger partial charge < -0.3 is 34.2 Å². The van der Waals surface area contributed by atoms with Crippen LogP contribution in [0.2, 0.25) is 0 Å². The number of rotatable bonds is 41. The van der Waals surface area contributed by atoms with Gasteiger partial charge in [0.05, 0.1) is 46.1 Å². The van der Waals surface area contributed by atoms with E-state index in [1.54, 1.807) is 6.08 Å². The van der Waals surface area contributed by atoms with Crippen molar-refractivity contribution >= 4 is 19.8 Å². The average Bonchev–Trinajstić information content (AvgIpc) is 3.51. The molecule has 7 atom stereocenters. The van der Waals surface area contributed by atoms with E-state index in [1.807, 2.05) is 27.2 Å². The quantitative estimate of drug-likeness (QED) is 0.0151. The highest BCUT2D eigenvalue weighted by molar-refractivity contribution is 7.47. The highest BCUT2D eigenvalue weighted by atomic mass is 31.2. The minimum atomic E-state index is -4.45. The van der Waals surface area contributed by atoms with Crippen LogP contribution in [0.1, 0.15) is 181 Å². The van der Waals surface area contributed by atoms with Gasteiger partial charge in [0.25, 0.3) is 0 Å².